The molecule has 1 unspecified atom stereocenters. The molecule has 0 amide bonds. The molecule has 13 heavy (non-hydrogen) atoms. The number of nitrogens with zero attached hydrogens (tertiary/aromatic N) is 2. The molecule has 0 spiro atoms. The largest absolute Gasteiger partial charge is 0.382 e. The van der Waals surface area contributed by atoms with E-state index in [-0.39, 0.29) is 0 Å². The molecule has 0 N–H and O–H groups in total. The van der Waals surface area contributed by atoms with Crippen LogP contribution in [-0.2, 0) is 9.47 Å². The number of likely N-dealkylation sites (N-methyl/N-ethyl adjacent to an activating group) is 1. The smallest absolute Gasteiger partial charge is 0.194 e. The predicted octanol–water partition coefficient (Wildman–Crippen LogP) is 0.609. The SMILES string of the molecule is COCCOCC[N+]1(C)C=CN=C1. The van der Waals surface area contributed by atoms with E-state index in [0.717, 1.165) is 17.6 Å². The van der Waals surface area contributed by atoms with Crippen molar-refractivity contribution in [2.24, 2.45) is 4.99 Å². The Kier molecular flexibility index (Phi) is 4.08. The second kappa shape index (κ2) is 5.11. The summed E-state index contributed by atoms with van der Waals surface area (Å²) >= 11 is 0. The van der Waals surface area contributed by atoms with Gasteiger partial charge in [-0.25, -0.2) is 4.99 Å². The Morgan fingerprint density at radius 2 is 2.15 bits per heavy atom. The number of ether oxygens (including phenoxy) is 2. The van der Waals surface area contributed by atoms with Crippen LogP contribution in [0.4, 0.5) is 0 Å². The highest BCUT2D eigenvalue weighted by Gasteiger charge is 2.18. The van der Waals surface area contributed by atoms with Crippen LogP contribution in [0.5, 0.6) is 0 Å². The first kappa shape index (κ1) is 10.4. The number of quaternary nitrogens is 1. The Hall–Kier alpha value is -0.710. The molecule has 0 aromatic rings. The van der Waals surface area contributed by atoms with Crippen LogP contribution < -0.4 is 0 Å². The van der Waals surface area contributed by atoms with Crippen molar-refractivity contribution >= 4 is 6.34 Å². The third-order valence-electron chi connectivity index (χ3n) is 1.97. The Balaban J connectivity index is 2.05. The second-order valence-corrected chi connectivity index (χ2v) is 3.24. The molecule has 0 bridgehead atoms. The molecule has 1 atom stereocenters. The van der Waals surface area contributed by atoms with E-state index < -0.39 is 0 Å². The zero-order chi connectivity index (χ0) is 9.57. The third kappa shape index (κ3) is 3.67. The van der Waals surface area contributed by atoms with Crippen LogP contribution in [0.1, 0.15) is 0 Å². The summed E-state index contributed by atoms with van der Waals surface area (Å²) in [7, 11) is 3.76. The summed E-state index contributed by atoms with van der Waals surface area (Å²) in [4.78, 5) is 4.04. The fourth-order valence-electron chi connectivity index (χ4n) is 1.06. The molecule has 1 heterocycles. The third-order valence-corrected chi connectivity index (χ3v) is 1.97. The van der Waals surface area contributed by atoms with Crippen LogP contribution in [0.25, 0.3) is 0 Å². The van der Waals surface area contributed by atoms with Crippen molar-refractivity contribution in [2.75, 3.05) is 40.5 Å². The summed E-state index contributed by atoms with van der Waals surface area (Å²) in [6.07, 6.45) is 5.76. The van der Waals surface area contributed by atoms with E-state index in [2.05, 4.69) is 12.0 Å². The zero-order valence-electron chi connectivity index (χ0n) is 8.27. The van der Waals surface area contributed by atoms with Crippen molar-refractivity contribution in [3.05, 3.63) is 12.4 Å². The van der Waals surface area contributed by atoms with E-state index in [1.807, 2.05) is 18.7 Å². The number of hydrogen-bond acceptors (Lipinski definition) is 3. The highest BCUT2D eigenvalue weighted by Crippen LogP contribution is 2.05. The average molecular weight is 185 g/mol. The lowest BCUT2D eigenvalue weighted by Gasteiger charge is -2.21. The standard InChI is InChI=1S/C9H17N2O2/c1-11(4-3-10-9-11)5-6-13-8-7-12-2/h3-4,9H,5-8H2,1-2H3/q+1. The molecule has 4 heteroatoms. The average Bonchev–Trinajstić information content (AvgIpc) is 2.53. The number of hydrogen-bond donors (Lipinski definition) is 0. The topological polar surface area (TPSA) is 30.8 Å². The summed E-state index contributed by atoms with van der Waals surface area (Å²) in [6, 6.07) is 0. The van der Waals surface area contributed by atoms with Crippen molar-refractivity contribution in [1.29, 1.82) is 0 Å². The first-order valence-corrected chi connectivity index (χ1v) is 4.40. The van der Waals surface area contributed by atoms with Crippen molar-refractivity contribution < 1.29 is 14.0 Å². The van der Waals surface area contributed by atoms with Crippen LogP contribution in [-0.4, -0.2) is 51.3 Å². The summed E-state index contributed by atoms with van der Waals surface area (Å²) in [5.41, 5.74) is 0. The van der Waals surface area contributed by atoms with Gasteiger partial charge in [-0.3, -0.25) is 4.48 Å². The van der Waals surface area contributed by atoms with Gasteiger partial charge in [0.05, 0.1) is 33.1 Å². The molecular formula is C9H17N2O2+. The number of methoxy groups -OCH3 is 1. The minimum atomic E-state index is 0.660. The number of rotatable bonds is 6. The van der Waals surface area contributed by atoms with Gasteiger partial charge in [0, 0.05) is 7.11 Å². The van der Waals surface area contributed by atoms with E-state index in [0.29, 0.717) is 13.2 Å². The van der Waals surface area contributed by atoms with E-state index >= 15 is 0 Å². The summed E-state index contributed by atoms with van der Waals surface area (Å²) < 4.78 is 11.0. The van der Waals surface area contributed by atoms with Gasteiger partial charge in [0.25, 0.3) is 0 Å². The van der Waals surface area contributed by atoms with Crippen LogP contribution in [0.2, 0.25) is 0 Å². The fraction of sp³-hybridized carbons (Fsp3) is 0.667. The molecule has 1 aliphatic heterocycles. The fourth-order valence-corrected chi connectivity index (χ4v) is 1.06. The van der Waals surface area contributed by atoms with Gasteiger partial charge in [-0.05, 0) is 0 Å². The molecular weight excluding hydrogens is 168 g/mol. The molecule has 1 aliphatic rings. The first-order chi connectivity index (χ1) is 6.27. The normalized spacial score (nSPS) is 25.7. The van der Waals surface area contributed by atoms with Crippen molar-refractivity contribution in [1.82, 2.24) is 0 Å². The van der Waals surface area contributed by atoms with Gasteiger partial charge in [0.15, 0.2) is 6.34 Å². The van der Waals surface area contributed by atoms with Gasteiger partial charge in [-0.2, -0.15) is 0 Å². The number of aliphatic imine (C=N–C) groups is 1. The second-order valence-electron chi connectivity index (χ2n) is 3.24. The lowest BCUT2D eigenvalue weighted by molar-refractivity contribution is -0.757. The monoisotopic (exact) mass is 185 g/mol. The Bertz CT molecular complexity index is 190. The van der Waals surface area contributed by atoms with E-state index in [4.69, 9.17) is 9.47 Å². The van der Waals surface area contributed by atoms with E-state index in [1.165, 1.54) is 0 Å². The predicted molar refractivity (Wildman–Crippen MR) is 51.4 cm³/mol. The van der Waals surface area contributed by atoms with Gasteiger partial charge >= 0.3 is 0 Å². The maximum absolute atomic E-state index is 5.36. The molecule has 0 saturated carbocycles. The minimum absolute atomic E-state index is 0.660. The lowest BCUT2D eigenvalue weighted by atomic mass is 10.5. The molecule has 0 saturated heterocycles. The molecule has 0 aromatic carbocycles. The van der Waals surface area contributed by atoms with E-state index in [1.54, 1.807) is 7.11 Å². The summed E-state index contributed by atoms with van der Waals surface area (Å²) in [6.45, 7) is 2.98. The van der Waals surface area contributed by atoms with Gasteiger partial charge in [-0.15, -0.1) is 0 Å². The minimum Gasteiger partial charge on any atom is -0.382 e. The van der Waals surface area contributed by atoms with Gasteiger partial charge in [0.1, 0.15) is 12.7 Å². The van der Waals surface area contributed by atoms with Crippen LogP contribution >= 0.6 is 0 Å². The van der Waals surface area contributed by atoms with Crippen LogP contribution in [0, 0.1) is 0 Å². The van der Waals surface area contributed by atoms with Gasteiger partial charge in [0.2, 0.25) is 0 Å². The highest BCUT2D eigenvalue weighted by molar-refractivity contribution is 5.50. The van der Waals surface area contributed by atoms with Gasteiger partial charge in [-0.1, -0.05) is 0 Å². The molecule has 0 aliphatic carbocycles. The van der Waals surface area contributed by atoms with Crippen molar-refractivity contribution in [2.45, 2.75) is 0 Å². The highest BCUT2D eigenvalue weighted by atomic mass is 16.5. The summed E-state index contributed by atoms with van der Waals surface area (Å²) in [5.74, 6) is 0. The maximum atomic E-state index is 5.36. The maximum Gasteiger partial charge on any atom is 0.194 e. The molecule has 0 fully saturated rings. The zero-order valence-corrected chi connectivity index (χ0v) is 8.27. The molecule has 74 valence electrons. The summed E-state index contributed by atoms with van der Waals surface area (Å²) in [5, 5.41) is 0. The van der Waals surface area contributed by atoms with Gasteiger partial charge < -0.3 is 9.47 Å². The molecule has 0 aromatic heterocycles. The molecule has 0 radical (unpaired) electrons. The quantitative estimate of drug-likeness (QED) is 0.448. The van der Waals surface area contributed by atoms with Crippen molar-refractivity contribution in [3.8, 4) is 0 Å². The molecule has 4 nitrogen and oxygen atoms in total. The first-order valence-electron chi connectivity index (χ1n) is 4.40. The Morgan fingerprint density at radius 3 is 2.77 bits per heavy atom. The van der Waals surface area contributed by atoms with E-state index in [9.17, 15) is 0 Å². The van der Waals surface area contributed by atoms with Crippen LogP contribution in [0.3, 0.4) is 0 Å². The lowest BCUT2D eigenvalue weighted by Crippen LogP contribution is -2.38. The molecule has 1 rings (SSSR count). The Morgan fingerprint density at radius 1 is 1.31 bits per heavy atom. The van der Waals surface area contributed by atoms with Crippen LogP contribution in [0.15, 0.2) is 17.4 Å². The van der Waals surface area contributed by atoms with Crippen molar-refractivity contribution in [3.63, 3.8) is 0 Å². The Labute approximate surface area is 79.1 Å².